The SMILES string of the molecule is CCCC(=O)Nc1ccc(C(=O)N[C@@H]2CCC[C@H](Nc3cc(C(F)(F)F)nc4ccccc34)C2)cc1C. The Morgan fingerprint density at radius 3 is 2.51 bits per heavy atom. The van der Waals surface area contributed by atoms with E-state index >= 15 is 0 Å². The van der Waals surface area contributed by atoms with Crippen molar-refractivity contribution < 1.29 is 22.8 Å². The van der Waals surface area contributed by atoms with Gasteiger partial charge in [0.2, 0.25) is 5.91 Å². The highest BCUT2D eigenvalue weighted by Gasteiger charge is 2.34. The summed E-state index contributed by atoms with van der Waals surface area (Å²) < 4.78 is 40.3. The van der Waals surface area contributed by atoms with Crippen molar-refractivity contribution >= 4 is 34.1 Å². The lowest BCUT2D eigenvalue weighted by atomic mass is 9.90. The Kier molecular flexibility index (Phi) is 8.00. The van der Waals surface area contributed by atoms with Crippen LogP contribution in [0, 0.1) is 6.92 Å². The first-order chi connectivity index (χ1) is 17.6. The number of amides is 2. The number of pyridine rings is 1. The van der Waals surface area contributed by atoms with Gasteiger partial charge in [-0.1, -0.05) is 25.1 Å². The largest absolute Gasteiger partial charge is 0.433 e. The summed E-state index contributed by atoms with van der Waals surface area (Å²) in [5.74, 6) is -0.276. The van der Waals surface area contributed by atoms with Crippen LogP contribution in [0.1, 0.15) is 67.1 Å². The van der Waals surface area contributed by atoms with Gasteiger partial charge < -0.3 is 16.0 Å². The van der Waals surface area contributed by atoms with Crippen LogP contribution in [0.4, 0.5) is 24.5 Å². The number of anilines is 2. The summed E-state index contributed by atoms with van der Waals surface area (Å²) in [6.45, 7) is 3.78. The van der Waals surface area contributed by atoms with E-state index in [1.807, 2.05) is 13.8 Å². The number of nitrogens with zero attached hydrogens (tertiary/aromatic N) is 1. The Balaban J connectivity index is 1.43. The molecular formula is C28H31F3N4O2. The fourth-order valence-electron chi connectivity index (χ4n) is 4.77. The lowest BCUT2D eigenvalue weighted by Crippen LogP contribution is -2.41. The van der Waals surface area contributed by atoms with Gasteiger partial charge in [0.05, 0.1) is 5.52 Å². The summed E-state index contributed by atoms with van der Waals surface area (Å²) in [4.78, 5) is 28.6. The Labute approximate surface area is 214 Å². The van der Waals surface area contributed by atoms with E-state index in [4.69, 9.17) is 0 Å². The number of fused-ring (bicyclic) bond motifs is 1. The maximum atomic E-state index is 13.4. The van der Waals surface area contributed by atoms with Crippen molar-refractivity contribution in [3.05, 3.63) is 65.4 Å². The molecule has 1 aliphatic carbocycles. The van der Waals surface area contributed by atoms with E-state index in [0.717, 1.165) is 37.3 Å². The maximum Gasteiger partial charge on any atom is 0.433 e. The number of hydrogen-bond donors (Lipinski definition) is 3. The standard InChI is InChI=1S/C28H31F3N4O2/c1-3-7-26(36)35-22-13-12-18(14-17(22)2)27(37)33-20-9-6-8-19(15-20)32-24-16-25(28(29,30)31)34-23-11-5-4-10-21(23)24/h4-5,10-14,16,19-20H,3,6-9,15H2,1-2H3,(H,32,34)(H,33,37)(H,35,36)/t19-,20+/m0/s1. The van der Waals surface area contributed by atoms with Gasteiger partial charge in [0, 0.05) is 40.8 Å². The molecule has 1 heterocycles. The summed E-state index contributed by atoms with van der Waals surface area (Å²) >= 11 is 0. The second-order valence-electron chi connectivity index (χ2n) is 9.58. The molecule has 3 aromatic rings. The van der Waals surface area contributed by atoms with Crippen LogP contribution in [0.25, 0.3) is 10.9 Å². The number of alkyl halides is 3. The second-order valence-corrected chi connectivity index (χ2v) is 9.58. The predicted molar refractivity (Wildman–Crippen MR) is 139 cm³/mol. The minimum absolute atomic E-state index is 0.0621. The Hall–Kier alpha value is -3.62. The van der Waals surface area contributed by atoms with Crippen LogP contribution in [0.5, 0.6) is 0 Å². The van der Waals surface area contributed by atoms with Crippen molar-refractivity contribution in [2.75, 3.05) is 10.6 Å². The van der Waals surface area contributed by atoms with Crippen LogP contribution < -0.4 is 16.0 Å². The maximum absolute atomic E-state index is 13.4. The van der Waals surface area contributed by atoms with E-state index in [1.54, 1.807) is 42.5 Å². The first kappa shape index (κ1) is 26.4. The normalized spacial score (nSPS) is 17.9. The fourth-order valence-corrected chi connectivity index (χ4v) is 4.77. The van der Waals surface area contributed by atoms with Crippen molar-refractivity contribution in [3.63, 3.8) is 0 Å². The minimum atomic E-state index is -4.55. The highest BCUT2D eigenvalue weighted by molar-refractivity contribution is 5.97. The molecule has 9 heteroatoms. The minimum Gasteiger partial charge on any atom is -0.382 e. The zero-order chi connectivity index (χ0) is 26.6. The molecule has 0 saturated heterocycles. The number of carbonyl (C=O) groups is 2. The molecule has 0 spiro atoms. The highest BCUT2D eigenvalue weighted by atomic mass is 19.4. The average Bonchev–Trinajstić information content (AvgIpc) is 2.85. The molecule has 1 saturated carbocycles. The molecule has 4 rings (SSSR count). The number of para-hydroxylation sites is 1. The zero-order valence-corrected chi connectivity index (χ0v) is 20.9. The second kappa shape index (κ2) is 11.2. The number of benzene rings is 2. The number of halogens is 3. The number of aromatic nitrogens is 1. The van der Waals surface area contributed by atoms with Crippen molar-refractivity contribution in [3.8, 4) is 0 Å². The van der Waals surface area contributed by atoms with Crippen molar-refractivity contribution in [2.24, 2.45) is 0 Å². The summed E-state index contributed by atoms with van der Waals surface area (Å²) in [7, 11) is 0. The molecule has 2 amide bonds. The lowest BCUT2D eigenvalue weighted by molar-refractivity contribution is -0.140. The smallest absolute Gasteiger partial charge is 0.382 e. The first-order valence-corrected chi connectivity index (χ1v) is 12.6. The molecule has 37 heavy (non-hydrogen) atoms. The van der Waals surface area contributed by atoms with Crippen LogP contribution in [0.3, 0.4) is 0 Å². The molecule has 1 aromatic heterocycles. The molecular weight excluding hydrogens is 481 g/mol. The quantitative estimate of drug-likeness (QED) is 0.340. The van der Waals surface area contributed by atoms with Crippen molar-refractivity contribution in [1.82, 2.24) is 10.3 Å². The van der Waals surface area contributed by atoms with Gasteiger partial charge >= 0.3 is 6.18 Å². The molecule has 0 radical (unpaired) electrons. The van der Waals surface area contributed by atoms with Crippen LogP contribution in [-0.4, -0.2) is 28.9 Å². The van der Waals surface area contributed by atoms with Gasteiger partial charge in [-0.3, -0.25) is 9.59 Å². The summed E-state index contributed by atoms with van der Waals surface area (Å²) in [6, 6.07) is 12.8. The van der Waals surface area contributed by atoms with Gasteiger partial charge in [0.25, 0.3) is 5.91 Å². The number of aryl methyl sites for hydroxylation is 1. The van der Waals surface area contributed by atoms with E-state index in [-0.39, 0.29) is 29.4 Å². The number of rotatable bonds is 7. The third kappa shape index (κ3) is 6.58. The van der Waals surface area contributed by atoms with Crippen LogP contribution >= 0.6 is 0 Å². The van der Waals surface area contributed by atoms with E-state index < -0.39 is 11.9 Å². The molecule has 3 N–H and O–H groups in total. The van der Waals surface area contributed by atoms with Gasteiger partial charge in [-0.2, -0.15) is 13.2 Å². The molecule has 2 atom stereocenters. The molecule has 0 unspecified atom stereocenters. The Bertz CT molecular complexity index is 1290. The summed E-state index contributed by atoms with van der Waals surface area (Å²) in [6.07, 6.45) is -0.355. The lowest BCUT2D eigenvalue weighted by Gasteiger charge is -2.31. The first-order valence-electron chi connectivity index (χ1n) is 12.6. The van der Waals surface area contributed by atoms with Crippen LogP contribution in [-0.2, 0) is 11.0 Å². The molecule has 2 aromatic carbocycles. The van der Waals surface area contributed by atoms with Crippen molar-refractivity contribution in [1.29, 1.82) is 0 Å². The number of hydrogen-bond acceptors (Lipinski definition) is 4. The number of carbonyl (C=O) groups excluding carboxylic acids is 2. The van der Waals surface area contributed by atoms with Crippen molar-refractivity contribution in [2.45, 2.75) is 70.6 Å². The summed E-state index contributed by atoms with van der Waals surface area (Å²) in [5.41, 5.74) is 1.72. The van der Waals surface area contributed by atoms with E-state index in [1.165, 1.54) is 0 Å². The highest BCUT2D eigenvalue weighted by Crippen LogP contribution is 2.34. The van der Waals surface area contributed by atoms with E-state index in [2.05, 4.69) is 20.9 Å². The molecule has 196 valence electrons. The Morgan fingerprint density at radius 2 is 1.78 bits per heavy atom. The molecule has 1 aliphatic rings. The van der Waals surface area contributed by atoms with Crippen LogP contribution in [0.2, 0.25) is 0 Å². The molecule has 6 nitrogen and oxygen atoms in total. The van der Waals surface area contributed by atoms with E-state index in [0.29, 0.717) is 35.2 Å². The van der Waals surface area contributed by atoms with E-state index in [9.17, 15) is 22.8 Å². The Morgan fingerprint density at radius 1 is 1.03 bits per heavy atom. The predicted octanol–water partition coefficient (Wildman–Crippen LogP) is 6.45. The third-order valence-corrected chi connectivity index (χ3v) is 6.62. The summed E-state index contributed by atoms with van der Waals surface area (Å²) in [5, 5.41) is 9.85. The van der Waals surface area contributed by atoms with Gasteiger partial charge in [-0.25, -0.2) is 4.98 Å². The van der Waals surface area contributed by atoms with Gasteiger partial charge in [0.15, 0.2) is 0 Å². The number of nitrogens with one attached hydrogen (secondary N) is 3. The van der Waals surface area contributed by atoms with Crippen LogP contribution in [0.15, 0.2) is 48.5 Å². The average molecular weight is 513 g/mol. The molecule has 1 fully saturated rings. The zero-order valence-electron chi connectivity index (χ0n) is 20.9. The third-order valence-electron chi connectivity index (χ3n) is 6.62. The topological polar surface area (TPSA) is 83.1 Å². The molecule has 0 bridgehead atoms. The fraction of sp³-hybridized carbons (Fsp3) is 0.393. The van der Waals surface area contributed by atoms with Gasteiger partial charge in [-0.05, 0) is 74.9 Å². The molecule has 0 aliphatic heterocycles. The van der Waals surface area contributed by atoms with Gasteiger partial charge in [-0.15, -0.1) is 0 Å². The monoisotopic (exact) mass is 512 g/mol. The van der Waals surface area contributed by atoms with Gasteiger partial charge in [0.1, 0.15) is 5.69 Å².